The number of allylic oxidation sites excluding steroid dienone is 2. The zero-order chi connectivity index (χ0) is 25.0. The minimum absolute atomic E-state index is 0.0118. The van der Waals surface area contributed by atoms with E-state index in [4.69, 9.17) is 9.47 Å². The number of aliphatic hydroxyl groups excluding tert-OH is 1. The standard InChI is InChI=1S/C30H58O3/c1-22(2)12-10-13-24(5)18-21-33-30(8,9)19-11-14-25(6)17-20-32-29-27(23(3)4)16-15-26(7)28(29)31/h12,23-29,31H,10-11,13-21H2,1-9H3/t24?,25?,26-,27+,28?,29?/m0/s1. The Hall–Kier alpha value is -0.380. The molecule has 3 nitrogen and oxygen atoms in total. The quantitative estimate of drug-likeness (QED) is 0.233. The van der Waals surface area contributed by atoms with E-state index in [2.05, 4.69) is 68.4 Å². The Labute approximate surface area is 207 Å². The molecule has 1 fully saturated rings. The van der Waals surface area contributed by atoms with Crippen molar-refractivity contribution < 1.29 is 14.6 Å². The molecule has 0 aliphatic heterocycles. The fourth-order valence-electron chi connectivity index (χ4n) is 5.14. The smallest absolute Gasteiger partial charge is 0.0867 e. The van der Waals surface area contributed by atoms with E-state index < -0.39 is 0 Å². The molecule has 196 valence electrons. The monoisotopic (exact) mass is 466 g/mol. The molecule has 1 aliphatic rings. The Morgan fingerprint density at radius 3 is 2.24 bits per heavy atom. The molecule has 1 N–H and O–H groups in total. The van der Waals surface area contributed by atoms with Gasteiger partial charge >= 0.3 is 0 Å². The molecule has 1 rings (SSSR count). The van der Waals surface area contributed by atoms with Crippen molar-refractivity contribution >= 4 is 0 Å². The van der Waals surface area contributed by atoms with E-state index in [1.54, 1.807) is 0 Å². The molecule has 3 heteroatoms. The Balaban J connectivity index is 2.23. The zero-order valence-corrected chi connectivity index (χ0v) is 23.7. The van der Waals surface area contributed by atoms with E-state index in [1.807, 2.05) is 0 Å². The van der Waals surface area contributed by atoms with Gasteiger partial charge in [-0.2, -0.15) is 0 Å². The Kier molecular flexibility index (Phi) is 14.5. The third kappa shape index (κ3) is 12.8. The van der Waals surface area contributed by atoms with Gasteiger partial charge in [-0.05, 0) is 102 Å². The Morgan fingerprint density at radius 1 is 0.970 bits per heavy atom. The van der Waals surface area contributed by atoms with E-state index >= 15 is 0 Å². The number of hydrogen-bond donors (Lipinski definition) is 1. The second-order valence-electron chi connectivity index (χ2n) is 12.4. The maximum atomic E-state index is 10.7. The Bertz CT molecular complexity index is 535. The molecule has 0 bridgehead atoms. The maximum Gasteiger partial charge on any atom is 0.0867 e. The van der Waals surface area contributed by atoms with Gasteiger partial charge in [-0.15, -0.1) is 0 Å². The molecule has 0 radical (unpaired) electrons. The van der Waals surface area contributed by atoms with Crippen LogP contribution in [0.2, 0.25) is 0 Å². The van der Waals surface area contributed by atoms with Gasteiger partial charge in [0.25, 0.3) is 0 Å². The van der Waals surface area contributed by atoms with Gasteiger partial charge in [0, 0.05) is 13.2 Å². The lowest BCUT2D eigenvalue weighted by Crippen LogP contribution is -2.46. The molecule has 0 heterocycles. The summed E-state index contributed by atoms with van der Waals surface area (Å²) >= 11 is 0. The van der Waals surface area contributed by atoms with E-state index in [1.165, 1.54) is 37.7 Å². The van der Waals surface area contributed by atoms with Crippen molar-refractivity contribution in [3.63, 3.8) is 0 Å². The second kappa shape index (κ2) is 15.6. The highest BCUT2D eigenvalue weighted by Crippen LogP contribution is 2.36. The van der Waals surface area contributed by atoms with Crippen LogP contribution in [0.4, 0.5) is 0 Å². The van der Waals surface area contributed by atoms with Crippen LogP contribution in [0.5, 0.6) is 0 Å². The molecule has 0 spiro atoms. The van der Waals surface area contributed by atoms with E-state index in [9.17, 15) is 5.11 Å². The van der Waals surface area contributed by atoms with Crippen molar-refractivity contribution in [2.24, 2.45) is 29.6 Å². The average molecular weight is 467 g/mol. The average Bonchev–Trinajstić information content (AvgIpc) is 2.70. The zero-order valence-electron chi connectivity index (χ0n) is 23.7. The van der Waals surface area contributed by atoms with Gasteiger partial charge in [-0.3, -0.25) is 0 Å². The normalized spacial score (nSPS) is 25.8. The molecule has 0 aromatic rings. The summed E-state index contributed by atoms with van der Waals surface area (Å²) in [4.78, 5) is 0. The largest absolute Gasteiger partial charge is 0.390 e. The minimum Gasteiger partial charge on any atom is -0.390 e. The fourth-order valence-corrected chi connectivity index (χ4v) is 5.14. The molecule has 0 amide bonds. The third-order valence-electron chi connectivity index (χ3n) is 7.87. The highest BCUT2D eigenvalue weighted by atomic mass is 16.5. The summed E-state index contributed by atoms with van der Waals surface area (Å²) in [7, 11) is 0. The number of rotatable bonds is 16. The van der Waals surface area contributed by atoms with Gasteiger partial charge in [-0.1, -0.05) is 59.1 Å². The van der Waals surface area contributed by atoms with Crippen molar-refractivity contribution in [3.05, 3.63) is 11.6 Å². The lowest BCUT2D eigenvalue weighted by Gasteiger charge is -2.41. The predicted octanol–water partition coefficient (Wildman–Crippen LogP) is 8.20. The van der Waals surface area contributed by atoms with Crippen molar-refractivity contribution in [1.82, 2.24) is 0 Å². The van der Waals surface area contributed by atoms with Crippen molar-refractivity contribution in [1.29, 1.82) is 0 Å². The summed E-state index contributed by atoms with van der Waals surface area (Å²) in [6, 6.07) is 0. The molecule has 0 saturated heterocycles. The molecular weight excluding hydrogens is 408 g/mol. The topological polar surface area (TPSA) is 38.7 Å². The molecule has 6 atom stereocenters. The molecule has 0 aromatic carbocycles. The SMILES string of the molecule is CC(C)=CCCC(C)CCOC(C)(C)CCCC(C)CCOC1C(O)[C@@H](C)CC[C@@H]1C(C)C. The maximum absolute atomic E-state index is 10.7. The van der Waals surface area contributed by atoms with Crippen LogP contribution in [0.1, 0.15) is 120 Å². The van der Waals surface area contributed by atoms with Crippen LogP contribution in [0, 0.1) is 29.6 Å². The van der Waals surface area contributed by atoms with Crippen molar-refractivity contribution in [2.75, 3.05) is 13.2 Å². The summed E-state index contributed by atoms with van der Waals surface area (Å²) in [5.41, 5.74) is 1.38. The molecule has 0 aromatic heterocycles. The molecule has 1 saturated carbocycles. The van der Waals surface area contributed by atoms with Crippen LogP contribution in [0.3, 0.4) is 0 Å². The number of aliphatic hydroxyl groups is 1. The lowest BCUT2D eigenvalue weighted by atomic mass is 9.73. The highest BCUT2D eigenvalue weighted by molar-refractivity contribution is 4.92. The van der Waals surface area contributed by atoms with Gasteiger partial charge in [0.2, 0.25) is 0 Å². The number of hydrogen-bond acceptors (Lipinski definition) is 3. The summed E-state index contributed by atoms with van der Waals surface area (Å²) in [6.07, 6.45) is 12.5. The van der Waals surface area contributed by atoms with Gasteiger partial charge in [0.15, 0.2) is 0 Å². The summed E-state index contributed by atoms with van der Waals surface area (Å²) in [6.45, 7) is 21.8. The first-order chi connectivity index (χ1) is 15.4. The molecule has 4 unspecified atom stereocenters. The first-order valence-corrected chi connectivity index (χ1v) is 14.0. The van der Waals surface area contributed by atoms with Crippen LogP contribution in [-0.2, 0) is 9.47 Å². The van der Waals surface area contributed by atoms with Crippen LogP contribution >= 0.6 is 0 Å². The highest BCUT2D eigenvalue weighted by Gasteiger charge is 2.38. The second-order valence-corrected chi connectivity index (χ2v) is 12.4. The van der Waals surface area contributed by atoms with E-state index in [0.29, 0.717) is 23.7 Å². The predicted molar refractivity (Wildman–Crippen MR) is 143 cm³/mol. The van der Waals surface area contributed by atoms with E-state index in [0.717, 1.165) is 44.8 Å². The van der Waals surface area contributed by atoms with Gasteiger partial charge in [0.05, 0.1) is 17.8 Å². The van der Waals surface area contributed by atoms with Crippen molar-refractivity contribution in [3.8, 4) is 0 Å². The van der Waals surface area contributed by atoms with Gasteiger partial charge in [-0.25, -0.2) is 0 Å². The Morgan fingerprint density at radius 2 is 1.61 bits per heavy atom. The summed E-state index contributed by atoms with van der Waals surface area (Å²) in [5, 5.41) is 10.7. The molecular formula is C30H58O3. The van der Waals surface area contributed by atoms with Crippen LogP contribution in [0.25, 0.3) is 0 Å². The minimum atomic E-state index is -0.311. The first-order valence-electron chi connectivity index (χ1n) is 14.0. The molecule has 1 aliphatic carbocycles. The first kappa shape index (κ1) is 30.7. The fraction of sp³-hybridized carbons (Fsp3) is 0.933. The van der Waals surface area contributed by atoms with Crippen LogP contribution in [0.15, 0.2) is 11.6 Å². The van der Waals surface area contributed by atoms with E-state index in [-0.39, 0.29) is 17.8 Å². The van der Waals surface area contributed by atoms with Crippen molar-refractivity contribution in [2.45, 2.75) is 138 Å². The summed E-state index contributed by atoms with van der Waals surface area (Å²) < 4.78 is 12.6. The third-order valence-corrected chi connectivity index (χ3v) is 7.87. The van der Waals surface area contributed by atoms with Crippen LogP contribution in [-0.4, -0.2) is 36.1 Å². The number of ether oxygens (including phenoxy) is 2. The van der Waals surface area contributed by atoms with Crippen LogP contribution < -0.4 is 0 Å². The molecule has 33 heavy (non-hydrogen) atoms. The van der Waals surface area contributed by atoms with Gasteiger partial charge in [0.1, 0.15) is 0 Å². The van der Waals surface area contributed by atoms with Gasteiger partial charge < -0.3 is 14.6 Å². The lowest BCUT2D eigenvalue weighted by molar-refractivity contribution is -0.121. The summed E-state index contributed by atoms with van der Waals surface area (Å²) in [5.74, 6) is 2.77.